The molecule has 5 nitrogen and oxygen atoms in total. The van der Waals surface area contributed by atoms with Gasteiger partial charge in [0.1, 0.15) is 0 Å². The second kappa shape index (κ2) is 14.5. The molecule has 7 heteroatoms. The molecule has 1 fully saturated rings. The van der Waals surface area contributed by atoms with Gasteiger partial charge in [0.25, 0.3) is 0 Å². The lowest BCUT2D eigenvalue weighted by molar-refractivity contribution is -0.122. The van der Waals surface area contributed by atoms with E-state index in [2.05, 4.69) is 45.4 Å². The van der Waals surface area contributed by atoms with Gasteiger partial charge in [-0.2, -0.15) is 0 Å². The number of unbranched alkanes of at least 4 members (excludes halogenated alkanes) is 2. The number of amides is 1. The molecule has 0 aromatic heterocycles. The summed E-state index contributed by atoms with van der Waals surface area (Å²) in [6.45, 7) is 6.80. The summed E-state index contributed by atoms with van der Waals surface area (Å²) in [5.74, 6) is 0.311. The Morgan fingerprint density at radius 3 is 2.49 bits per heavy atom. The number of hydrogen-bond donors (Lipinski definition) is 1. The monoisotopic (exact) mass is 519 g/mol. The lowest BCUT2D eigenvalue weighted by Crippen LogP contribution is -2.46. The van der Waals surface area contributed by atoms with Crippen molar-refractivity contribution in [2.24, 2.45) is 0 Å². The molecule has 1 aliphatic heterocycles. The summed E-state index contributed by atoms with van der Waals surface area (Å²) in [6, 6.07) is 16.7. The van der Waals surface area contributed by atoms with Gasteiger partial charge in [-0.15, -0.1) is 24.8 Å². The van der Waals surface area contributed by atoms with Crippen molar-refractivity contribution in [1.29, 1.82) is 0 Å². The standard InChI is InChI=1S/C28H37N3O2.2ClH/c1-22(32)24-11-7-12-25(21-24)31-19-17-30(18-20-31)16-6-2-3-15-28(33)29-27-14-8-10-23-9-4-5-13-26(23)27;;/h4-5,7,9,11-13,21,27H,2-3,6,8,10,14-20H2,1H3,(H,29,33);2*1H. The molecule has 1 N–H and O–H groups in total. The third-order valence-electron chi connectivity index (χ3n) is 7.07. The highest BCUT2D eigenvalue weighted by Crippen LogP contribution is 2.29. The summed E-state index contributed by atoms with van der Waals surface area (Å²) in [6.07, 6.45) is 7.14. The molecule has 35 heavy (non-hydrogen) atoms. The average molecular weight is 521 g/mol. The lowest BCUT2D eigenvalue weighted by Gasteiger charge is -2.36. The summed E-state index contributed by atoms with van der Waals surface area (Å²) in [5.41, 5.74) is 4.63. The van der Waals surface area contributed by atoms with Crippen LogP contribution in [0.1, 0.15) is 73.0 Å². The number of halogens is 2. The number of carbonyl (C=O) groups is 2. The first-order valence-corrected chi connectivity index (χ1v) is 12.6. The summed E-state index contributed by atoms with van der Waals surface area (Å²) in [5, 5.41) is 3.27. The van der Waals surface area contributed by atoms with E-state index < -0.39 is 0 Å². The highest BCUT2D eigenvalue weighted by molar-refractivity contribution is 5.95. The number of nitrogens with zero attached hydrogens (tertiary/aromatic N) is 2. The number of carbonyl (C=O) groups excluding carboxylic acids is 2. The Balaban J connectivity index is 0.00000216. The number of piperazine rings is 1. The molecule has 1 unspecified atom stereocenters. The molecule has 2 aromatic rings. The van der Waals surface area contributed by atoms with Crippen LogP contribution in [0.2, 0.25) is 0 Å². The Morgan fingerprint density at radius 2 is 1.71 bits per heavy atom. The maximum atomic E-state index is 12.5. The fourth-order valence-corrected chi connectivity index (χ4v) is 5.12. The van der Waals surface area contributed by atoms with Crippen LogP contribution in [0.15, 0.2) is 48.5 Å². The van der Waals surface area contributed by atoms with Gasteiger partial charge in [-0.05, 0) is 68.8 Å². The van der Waals surface area contributed by atoms with Gasteiger partial charge in [0.2, 0.25) is 5.91 Å². The van der Waals surface area contributed by atoms with Crippen molar-refractivity contribution in [3.05, 3.63) is 65.2 Å². The van der Waals surface area contributed by atoms with Crippen LogP contribution in [-0.2, 0) is 11.2 Å². The van der Waals surface area contributed by atoms with Crippen molar-refractivity contribution in [3.8, 4) is 0 Å². The minimum Gasteiger partial charge on any atom is -0.369 e. The smallest absolute Gasteiger partial charge is 0.220 e. The Labute approximate surface area is 222 Å². The molecule has 1 aliphatic carbocycles. The normalized spacial score (nSPS) is 17.5. The number of Topliss-reactive ketones (excluding diaryl/α,β-unsaturated/α-hetero) is 1. The summed E-state index contributed by atoms with van der Waals surface area (Å²) < 4.78 is 0. The molecule has 2 aliphatic rings. The van der Waals surface area contributed by atoms with Crippen LogP contribution in [0.3, 0.4) is 0 Å². The molecule has 1 atom stereocenters. The second-order valence-electron chi connectivity index (χ2n) is 9.46. The van der Waals surface area contributed by atoms with Crippen LogP contribution < -0.4 is 10.2 Å². The van der Waals surface area contributed by atoms with E-state index >= 15 is 0 Å². The van der Waals surface area contributed by atoms with Gasteiger partial charge in [0.15, 0.2) is 5.78 Å². The Morgan fingerprint density at radius 1 is 0.943 bits per heavy atom. The maximum Gasteiger partial charge on any atom is 0.220 e. The molecule has 2 aromatic carbocycles. The van der Waals surface area contributed by atoms with Gasteiger partial charge in [0, 0.05) is 43.9 Å². The average Bonchev–Trinajstić information content (AvgIpc) is 2.84. The van der Waals surface area contributed by atoms with Gasteiger partial charge in [-0.1, -0.05) is 42.8 Å². The molecule has 1 amide bonds. The highest BCUT2D eigenvalue weighted by Gasteiger charge is 2.21. The van der Waals surface area contributed by atoms with Crippen LogP contribution in [0.4, 0.5) is 5.69 Å². The van der Waals surface area contributed by atoms with Crippen LogP contribution in [0.5, 0.6) is 0 Å². The fourth-order valence-electron chi connectivity index (χ4n) is 5.12. The maximum absolute atomic E-state index is 12.5. The number of benzene rings is 2. The van der Waals surface area contributed by atoms with Crippen LogP contribution >= 0.6 is 24.8 Å². The number of ketones is 1. The molecule has 0 radical (unpaired) electrons. The van der Waals surface area contributed by atoms with E-state index in [-0.39, 0.29) is 42.5 Å². The molecule has 0 spiro atoms. The van der Waals surface area contributed by atoms with Gasteiger partial charge >= 0.3 is 0 Å². The van der Waals surface area contributed by atoms with Crippen LogP contribution in [-0.4, -0.2) is 49.3 Å². The number of hydrogen-bond acceptors (Lipinski definition) is 4. The van der Waals surface area contributed by atoms with E-state index in [1.807, 2.05) is 18.2 Å². The first-order chi connectivity index (χ1) is 16.1. The van der Waals surface area contributed by atoms with Gasteiger partial charge < -0.3 is 10.2 Å². The predicted molar refractivity (Wildman–Crippen MR) is 148 cm³/mol. The first-order valence-electron chi connectivity index (χ1n) is 12.6. The van der Waals surface area contributed by atoms with E-state index in [1.165, 1.54) is 11.1 Å². The van der Waals surface area contributed by atoms with Crippen molar-refractivity contribution in [2.75, 3.05) is 37.6 Å². The van der Waals surface area contributed by atoms with Gasteiger partial charge in [-0.3, -0.25) is 14.5 Å². The molecule has 4 rings (SSSR count). The number of aryl methyl sites for hydroxylation is 1. The van der Waals surface area contributed by atoms with E-state index in [4.69, 9.17) is 0 Å². The van der Waals surface area contributed by atoms with E-state index in [0.29, 0.717) is 6.42 Å². The molecule has 1 saturated heterocycles. The first kappa shape index (κ1) is 29.2. The third kappa shape index (κ3) is 8.23. The van der Waals surface area contributed by atoms with Crippen LogP contribution in [0, 0.1) is 0 Å². The topological polar surface area (TPSA) is 52.7 Å². The van der Waals surface area contributed by atoms with Crippen molar-refractivity contribution in [3.63, 3.8) is 0 Å². The lowest BCUT2D eigenvalue weighted by atomic mass is 9.87. The van der Waals surface area contributed by atoms with Crippen LogP contribution in [0.25, 0.3) is 0 Å². The van der Waals surface area contributed by atoms with Crippen molar-refractivity contribution in [2.45, 2.75) is 57.9 Å². The van der Waals surface area contributed by atoms with Crippen molar-refractivity contribution in [1.82, 2.24) is 10.2 Å². The number of nitrogens with one attached hydrogen (secondary N) is 1. The Bertz CT molecular complexity index is 961. The zero-order valence-electron chi connectivity index (χ0n) is 20.7. The van der Waals surface area contributed by atoms with Crippen molar-refractivity contribution < 1.29 is 9.59 Å². The fraction of sp³-hybridized carbons (Fsp3) is 0.500. The number of rotatable bonds is 9. The SMILES string of the molecule is CC(=O)c1cccc(N2CCN(CCCCCC(=O)NC3CCCc4ccccc43)CC2)c1.Cl.Cl. The quantitative estimate of drug-likeness (QED) is 0.345. The van der Waals surface area contributed by atoms with E-state index in [1.54, 1.807) is 6.92 Å². The largest absolute Gasteiger partial charge is 0.369 e. The van der Waals surface area contributed by atoms with Crippen molar-refractivity contribution >= 4 is 42.2 Å². The Hall–Kier alpha value is -2.08. The summed E-state index contributed by atoms with van der Waals surface area (Å²) >= 11 is 0. The molecule has 192 valence electrons. The summed E-state index contributed by atoms with van der Waals surface area (Å²) in [4.78, 5) is 29.0. The number of fused-ring (bicyclic) bond motifs is 1. The summed E-state index contributed by atoms with van der Waals surface area (Å²) in [7, 11) is 0. The minimum absolute atomic E-state index is 0. The van der Waals surface area contributed by atoms with E-state index in [9.17, 15) is 9.59 Å². The minimum atomic E-state index is 0. The third-order valence-corrected chi connectivity index (χ3v) is 7.07. The van der Waals surface area contributed by atoms with E-state index in [0.717, 1.165) is 82.5 Å². The van der Waals surface area contributed by atoms with Gasteiger partial charge in [0.05, 0.1) is 6.04 Å². The molecule has 1 heterocycles. The number of anilines is 1. The molecule has 0 bridgehead atoms. The molecular formula is C28H39Cl2N3O2. The zero-order chi connectivity index (χ0) is 23.0. The highest BCUT2D eigenvalue weighted by atomic mass is 35.5. The zero-order valence-corrected chi connectivity index (χ0v) is 22.3. The molecule has 0 saturated carbocycles. The molecular weight excluding hydrogens is 481 g/mol. The second-order valence-corrected chi connectivity index (χ2v) is 9.46. The predicted octanol–water partition coefficient (Wildman–Crippen LogP) is 5.61. The Kier molecular flexibility index (Phi) is 12.1. The van der Waals surface area contributed by atoms with Gasteiger partial charge in [-0.25, -0.2) is 0 Å².